The number of halogens is 1. The van der Waals surface area contributed by atoms with Crippen LogP contribution in [-0.4, -0.2) is 18.5 Å². The van der Waals surface area contributed by atoms with E-state index in [0.29, 0.717) is 22.7 Å². The van der Waals surface area contributed by atoms with Gasteiger partial charge in [-0.3, -0.25) is 4.79 Å². The summed E-state index contributed by atoms with van der Waals surface area (Å²) in [5.74, 6) is 0.433. The first-order valence-electron chi connectivity index (χ1n) is 4.96. The fourth-order valence-corrected chi connectivity index (χ4v) is 1.99. The lowest BCUT2D eigenvalue weighted by Gasteiger charge is -2.15. The van der Waals surface area contributed by atoms with Gasteiger partial charge in [0.05, 0.1) is 11.8 Å². The fraction of sp³-hybridized carbons (Fsp3) is 0.500. The quantitative estimate of drug-likeness (QED) is 0.873. The number of nitrogens with two attached hydrogens (primary N) is 1. The van der Waals surface area contributed by atoms with Crippen LogP contribution in [0.15, 0.2) is 21.4 Å². The topological polar surface area (TPSA) is 68.3 Å². The van der Waals surface area contributed by atoms with Crippen LogP contribution < -0.4 is 11.1 Å². The Morgan fingerprint density at radius 3 is 2.93 bits per heavy atom. The molecule has 0 spiro atoms. The van der Waals surface area contributed by atoms with Crippen molar-refractivity contribution >= 4 is 21.8 Å². The lowest BCUT2D eigenvalue weighted by atomic mass is 10.2. The molecule has 1 aromatic heterocycles. The molecule has 1 aromatic rings. The standard InChI is InChI=1S/C10H13BrN2O2/c11-9-7(3-4-15-9)10(14)13-8(5-12)6-1-2-6/h3-4,6,8H,1-2,5,12H2,(H,13,14). The Balaban J connectivity index is 1.99. The lowest BCUT2D eigenvalue weighted by Crippen LogP contribution is -2.41. The van der Waals surface area contributed by atoms with Crippen LogP contribution in [0, 0.1) is 5.92 Å². The first-order chi connectivity index (χ1) is 7.22. The summed E-state index contributed by atoms with van der Waals surface area (Å²) >= 11 is 3.17. The molecular formula is C10H13BrN2O2. The van der Waals surface area contributed by atoms with Gasteiger partial charge in [-0.15, -0.1) is 0 Å². The summed E-state index contributed by atoms with van der Waals surface area (Å²) in [5.41, 5.74) is 6.13. The van der Waals surface area contributed by atoms with Crippen molar-refractivity contribution in [2.24, 2.45) is 11.7 Å². The van der Waals surface area contributed by atoms with E-state index in [4.69, 9.17) is 10.2 Å². The molecule has 1 aliphatic rings. The molecule has 0 aromatic carbocycles. The summed E-state index contributed by atoms with van der Waals surface area (Å²) in [7, 11) is 0. The molecule has 15 heavy (non-hydrogen) atoms. The van der Waals surface area contributed by atoms with Crippen molar-refractivity contribution in [3.05, 3.63) is 22.6 Å². The monoisotopic (exact) mass is 272 g/mol. The van der Waals surface area contributed by atoms with E-state index < -0.39 is 0 Å². The van der Waals surface area contributed by atoms with E-state index in [1.807, 2.05) is 0 Å². The molecule has 4 nitrogen and oxygen atoms in total. The van der Waals surface area contributed by atoms with Gasteiger partial charge in [-0.1, -0.05) is 0 Å². The Morgan fingerprint density at radius 2 is 2.47 bits per heavy atom. The number of carbonyl (C=O) groups is 1. The zero-order chi connectivity index (χ0) is 10.8. The number of nitrogens with one attached hydrogen (secondary N) is 1. The zero-order valence-corrected chi connectivity index (χ0v) is 9.79. The number of amides is 1. The van der Waals surface area contributed by atoms with Crippen LogP contribution in [0.2, 0.25) is 0 Å². The number of hydrogen-bond donors (Lipinski definition) is 2. The second-order valence-corrected chi connectivity index (χ2v) is 4.48. The third-order valence-electron chi connectivity index (χ3n) is 2.62. The molecule has 1 saturated carbocycles. The molecule has 0 saturated heterocycles. The van der Waals surface area contributed by atoms with Gasteiger partial charge in [0.1, 0.15) is 0 Å². The molecule has 0 radical (unpaired) electrons. The van der Waals surface area contributed by atoms with Crippen LogP contribution >= 0.6 is 15.9 Å². The summed E-state index contributed by atoms with van der Waals surface area (Å²) in [6, 6.07) is 1.74. The van der Waals surface area contributed by atoms with Gasteiger partial charge in [-0.2, -0.15) is 0 Å². The predicted octanol–water partition coefficient (Wildman–Crippen LogP) is 1.51. The highest BCUT2D eigenvalue weighted by Gasteiger charge is 2.31. The van der Waals surface area contributed by atoms with Gasteiger partial charge < -0.3 is 15.5 Å². The van der Waals surface area contributed by atoms with Crippen LogP contribution in [0.5, 0.6) is 0 Å². The van der Waals surface area contributed by atoms with Crippen LogP contribution in [-0.2, 0) is 0 Å². The predicted molar refractivity (Wildman–Crippen MR) is 59.4 cm³/mol. The van der Waals surface area contributed by atoms with E-state index >= 15 is 0 Å². The number of furan rings is 1. The Bertz CT molecular complexity index is 360. The maximum Gasteiger partial charge on any atom is 0.256 e. The van der Waals surface area contributed by atoms with Crippen molar-refractivity contribution in [2.75, 3.05) is 6.54 Å². The van der Waals surface area contributed by atoms with Gasteiger partial charge in [0.2, 0.25) is 0 Å². The summed E-state index contributed by atoms with van der Waals surface area (Å²) < 4.78 is 5.47. The van der Waals surface area contributed by atoms with Gasteiger partial charge >= 0.3 is 0 Å². The minimum Gasteiger partial charge on any atom is -0.457 e. The molecule has 82 valence electrons. The molecule has 2 rings (SSSR count). The molecule has 5 heteroatoms. The van der Waals surface area contributed by atoms with Gasteiger partial charge in [-0.05, 0) is 40.8 Å². The summed E-state index contributed by atoms with van der Waals surface area (Å²) in [6.45, 7) is 0.492. The van der Waals surface area contributed by atoms with Crippen molar-refractivity contribution < 1.29 is 9.21 Å². The smallest absolute Gasteiger partial charge is 0.256 e. The van der Waals surface area contributed by atoms with Crippen molar-refractivity contribution in [3.63, 3.8) is 0 Å². The van der Waals surface area contributed by atoms with E-state index in [0.717, 1.165) is 12.8 Å². The van der Waals surface area contributed by atoms with Gasteiger partial charge in [0.25, 0.3) is 5.91 Å². The zero-order valence-electron chi connectivity index (χ0n) is 8.20. The third-order valence-corrected chi connectivity index (χ3v) is 3.24. The minimum atomic E-state index is -0.127. The van der Waals surface area contributed by atoms with Crippen LogP contribution in [0.4, 0.5) is 0 Å². The van der Waals surface area contributed by atoms with Crippen LogP contribution in [0.25, 0.3) is 0 Å². The molecule has 1 fully saturated rings. The van der Waals surface area contributed by atoms with E-state index in [-0.39, 0.29) is 11.9 Å². The maximum absolute atomic E-state index is 11.8. The summed E-state index contributed by atoms with van der Waals surface area (Å²) in [5, 5.41) is 2.92. The normalized spacial score (nSPS) is 17.5. The average Bonchev–Trinajstić information content (AvgIpc) is 2.97. The first-order valence-corrected chi connectivity index (χ1v) is 5.75. The third kappa shape index (κ3) is 2.41. The minimum absolute atomic E-state index is 0.0966. The van der Waals surface area contributed by atoms with Crippen LogP contribution in [0.1, 0.15) is 23.2 Å². The SMILES string of the molecule is NCC(NC(=O)c1ccoc1Br)C1CC1. The molecule has 1 atom stereocenters. The van der Waals surface area contributed by atoms with Crippen molar-refractivity contribution in [3.8, 4) is 0 Å². The highest BCUT2D eigenvalue weighted by atomic mass is 79.9. The Kier molecular flexibility index (Phi) is 3.11. The number of carbonyl (C=O) groups excluding carboxylic acids is 1. The largest absolute Gasteiger partial charge is 0.457 e. The number of hydrogen-bond acceptors (Lipinski definition) is 3. The summed E-state index contributed by atoms with van der Waals surface area (Å²) in [6.07, 6.45) is 3.80. The van der Waals surface area contributed by atoms with Crippen LogP contribution in [0.3, 0.4) is 0 Å². The van der Waals surface area contributed by atoms with E-state index in [1.54, 1.807) is 6.07 Å². The lowest BCUT2D eigenvalue weighted by molar-refractivity contribution is 0.0932. The van der Waals surface area contributed by atoms with Gasteiger partial charge in [0.15, 0.2) is 4.67 Å². The highest BCUT2D eigenvalue weighted by molar-refractivity contribution is 9.10. The van der Waals surface area contributed by atoms with E-state index in [2.05, 4.69) is 21.2 Å². The fourth-order valence-electron chi connectivity index (χ4n) is 1.57. The molecular weight excluding hydrogens is 260 g/mol. The molecule has 0 bridgehead atoms. The highest BCUT2D eigenvalue weighted by Crippen LogP contribution is 2.32. The molecule has 1 amide bonds. The summed E-state index contributed by atoms with van der Waals surface area (Å²) in [4.78, 5) is 11.8. The Labute approximate surface area is 96.3 Å². The van der Waals surface area contributed by atoms with Crippen molar-refractivity contribution in [1.82, 2.24) is 5.32 Å². The number of rotatable bonds is 4. The van der Waals surface area contributed by atoms with Gasteiger partial charge in [-0.25, -0.2) is 0 Å². The Morgan fingerprint density at radius 1 is 1.73 bits per heavy atom. The first kappa shape index (κ1) is 10.7. The van der Waals surface area contributed by atoms with Crippen molar-refractivity contribution in [2.45, 2.75) is 18.9 Å². The Hall–Kier alpha value is -0.810. The molecule has 0 aliphatic heterocycles. The molecule has 1 aliphatic carbocycles. The van der Waals surface area contributed by atoms with Gasteiger partial charge in [0, 0.05) is 12.6 Å². The van der Waals surface area contributed by atoms with Crippen molar-refractivity contribution in [1.29, 1.82) is 0 Å². The molecule has 1 heterocycles. The average molecular weight is 273 g/mol. The molecule has 3 N–H and O–H groups in total. The van der Waals surface area contributed by atoms with E-state index in [9.17, 15) is 4.79 Å². The molecule has 1 unspecified atom stereocenters. The van der Waals surface area contributed by atoms with E-state index in [1.165, 1.54) is 6.26 Å². The maximum atomic E-state index is 11.8. The second kappa shape index (κ2) is 4.37. The second-order valence-electron chi connectivity index (χ2n) is 3.76.